The molecule has 0 heterocycles. The smallest absolute Gasteiger partial charge is 0.305 e. The van der Waals surface area contributed by atoms with Crippen LogP contribution in [0.3, 0.4) is 0 Å². The number of amides is 1. The summed E-state index contributed by atoms with van der Waals surface area (Å²) in [4.78, 5) is 22.4. The first-order valence-electron chi connectivity index (χ1n) is 11.4. The van der Waals surface area contributed by atoms with Gasteiger partial charge in [0.15, 0.2) is 5.25 Å². The fraction of sp³-hybridized carbons (Fsp3) is 0.818. The van der Waals surface area contributed by atoms with Crippen molar-refractivity contribution < 1.29 is 27.7 Å². The molecule has 7 nitrogen and oxygen atoms in total. The van der Waals surface area contributed by atoms with E-state index in [2.05, 4.69) is 24.4 Å². The SMILES string of the molecule is CCCCCCCCC=CCCCCCCCCNC(=O)C(CC(=O)O)S(=O)(=O)O.[Na].[Na]. The van der Waals surface area contributed by atoms with E-state index in [0.717, 1.165) is 32.1 Å². The van der Waals surface area contributed by atoms with Gasteiger partial charge in [0.05, 0.1) is 6.42 Å². The topological polar surface area (TPSA) is 121 Å². The van der Waals surface area contributed by atoms with E-state index in [1.165, 1.54) is 51.4 Å². The zero-order chi connectivity index (χ0) is 22.7. The molecule has 10 heteroatoms. The summed E-state index contributed by atoms with van der Waals surface area (Å²) in [7, 11) is -4.73. The molecule has 1 unspecified atom stereocenters. The van der Waals surface area contributed by atoms with Gasteiger partial charge in [-0.2, -0.15) is 8.42 Å². The summed E-state index contributed by atoms with van der Waals surface area (Å²) in [5.41, 5.74) is 0. The Morgan fingerprint density at radius 1 is 0.812 bits per heavy atom. The number of nitrogens with one attached hydrogen (secondary N) is 1. The fourth-order valence-electron chi connectivity index (χ4n) is 3.19. The van der Waals surface area contributed by atoms with E-state index in [1.807, 2.05) is 0 Å². The number of carboxylic acid groups (broad SMARTS) is 1. The van der Waals surface area contributed by atoms with Crippen LogP contribution in [0.2, 0.25) is 0 Å². The molecule has 0 aliphatic carbocycles. The second kappa shape index (κ2) is 24.7. The fourth-order valence-corrected chi connectivity index (χ4v) is 3.90. The molecular formula is C22H41NNa2O6S. The number of hydrogen-bond donors (Lipinski definition) is 3. The van der Waals surface area contributed by atoms with Gasteiger partial charge in [0.1, 0.15) is 0 Å². The van der Waals surface area contributed by atoms with Crippen molar-refractivity contribution in [2.75, 3.05) is 6.54 Å². The molecular weight excluding hydrogens is 452 g/mol. The van der Waals surface area contributed by atoms with Gasteiger partial charge in [-0.05, 0) is 32.1 Å². The summed E-state index contributed by atoms with van der Waals surface area (Å²) in [6.45, 7) is 2.51. The molecule has 0 aromatic heterocycles. The van der Waals surface area contributed by atoms with Crippen LogP contribution in [0.5, 0.6) is 0 Å². The molecule has 0 saturated carbocycles. The number of hydrogen-bond acceptors (Lipinski definition) is 4. The minimum atomic E-state index is -4.73. The maximum absolute atomic E-state index is 11.8. The molecule has 0 saturated heterocycles. The van der Waals surface area contributed by atoms with Crippen molar-refractivity contribution in [1.82, 2.24) is 5.32 Å². The number of rotatable bonds is 20. The Hall–Kier alpha value is 0.590. The predicted molar refractivity (Wildman–Crippen MR) is 132 cm³/mol. The maximum atomic E-state index is 11.8. The zero-order valence-electron chi connectivity index (χ0n) is 20.5. The summed E-state index contributed by atoms with van der Waals surface area (Å²) in [6, 6.07) is 0. The molecule has 2 radical (unpaired) electrons. The summed E-state index contributed by atoms with van der Waals surface area (Å²) >= 11 is 0. The van der Waals surface area contributed by atoms with E-state index in [0.29, 0.717) is 6.42 Å². The maximum Gasteiger partial charge on any atom is 0.305 e. The molecule has 0 bridgehead atoms. The van der Waals surface area contributed by atoms with E-state index >= 15 is 0 Å². The van der Waals surface area contributed by atoms with Gasteiger partial charge in [0.25, 0.3) is 10.1 Å². The first kappa shape index (κ1) is 37.1. The van der Waals surface area contributed by atoms with Crippen LogP contribution in [0.4, 0.5) is 0 Å². The number of allylic oxidation sites excluding steroid dienone is 2. The van der Waals surface area contributed by atoms with E-state index in [9.17, 15) is 18.0 Å². The number of unbranched alkanes of at least 4 members (excludes halogenated alkanes) is 12. The van der Waals surface area contributed by atoms with Crippen molar-refractivity contribution in [1.29, 1.82) is 0 Å². The molecule has 0 fully saturated rings. The van der Waals surface area contributed by atoms with Crippen LogP contribution in [0, 0.1) is 0 Å². The minimum absolute atomic E-state index is 0. The van der Waals surface area contributed by atoms with Crippen LogP contribution in [0.1, 0.15) is 103 Å². The van der Waals surface area contributed by atoms with Crippen molar-refractivity contribution in [2.45, 2.75) is 108 Å². The van der Waals surface area contributed by atoms with E-state index in [4.69, 9.17) is 9.66 Å². The standard InChI is InChI=1S/C22H41NO6S.2Na/c1-2-3-4-5-6-7-8-9-10-11-12-13-14-15-16-17-18-23-22(26)20(19-21(24)25)30(27,28)29;;/h9-10,20H,2-8,11-19H2,1H3,(H,23,26)(H,24,25)(H,27,28,29);;. The van der Waals surface area contributed by atoms with Gasteiger partial charge in [-0.3, -0.25) is 14.1 Å². The van der Waals surface area contributed by atoms with Gasteiger partial charge in [0.2, 0.25) is 5.91 Å². The molecule has 0 aliphatic rings. The number of carbonyl (C=O) groups is 2. The third kappa shape index (κ3) is 23.7. The third-order valence-corrected chi connectivity index (χ3v) is 6.10. The van der Waals surface area contributed by atoms with E-state index in [-0.39, 0.29) is 65.7 Å². The van der Waals surface area contributed by atoms with Crippen LogP contribution >= 0.6 is 0 Å². The Labute approximate surface area is 239 Å². The second-order valence-electron chi connectivity index (χ2n) is 7.83. The summed E-state index contributed by atoms with van der Waals surface area (Å²) in [5, 5.41) is 9.10. The molecule has 0 spiro atoms. The van der Waals surface area contributed by atoms with Gasteiger partial charge in [0, 0.05) is 65.7 Å². The summed E-state index contributed by atoms with van der Waals surface area (Å²) in [5.74, 6) is -2.42. The normalized spacial score (nSPS) is 12.1. The Kier molecular flexibility index (Phi) is 28.7. The second-order valence-corrected chi connectivity index (χ2v) is 9.43. The number of carboxylic acids is 1. The summed E-state index contributed by atoms with van der Waals surface area (Å²) < 4.78 is 31.2. The molecule has 0 aliphatic heterocycles. The van der Waals surface area contributed by atoms with Gasteiger partial charge < -0.3 is 10.4 Å². The van der Waals surface area contributed by atoms with Crippen LogP contribution in [0.25, 0.3) is 0 Å². The van der Waals surface area contributed by atoms with E-state index < -0.39 is 33.7 Å². The molecule has 0 rings (SSSR count). The zero-order valence-corrected chi connectivity index (χ0v) is 25.3. The Bertz CT molecular complexity index is 599. The molecule has 178 valence electrons. The Balaban J connectivity index is -0.00000420. The Morgan fingerprint density at radius 2 is 1.25 bits per heavy atom. The Morgan fingerprint density at radius 3 is 1.69 bits per heavy atom. The van der Waals surface area contributed by atoms with Crippen molar-refractivity contribution in [3.05, 3.63) is 12.2 Å². The average Bonchev–Trinajstić information content (AvgIpc) is 2.67. The molecule has 3 N–H and O–H groups in total. The van der Waals surface area contributed by atoms with Crippen LogP contribution in [0.15, 0.2) is 12.2 Å². The van der Waals surface area contributed by atoms with Crippen molar-refractivity contribution in [3.63, 3.8) is 0 Å². The van der Waals surface area contributed by atoms with Gasteiger partial charge in [-0.25, -0.2) is 0 Å². The quantitative estimate of drug-likeness (QED) is 0.102. The molecule has 0 aromatic carbocycles. The first-order valence-corrected chi connectivity index (χ1v) is 12.9. The molecule has 32 heavy (non-hydrogen) atoms. The van der Waals surface area contributed by atoms with Crippen molar-refractivity contribution in [2.24, 2.45) is 0 Å². The van der Waals surface area contributed by atoms with E-state index in [1.54, 1.807) is 0 Å². The third-order valence-electron chi connectivity index (χ3n) is 5.00. The first-order chi connectivity index (χ1) is 14.3. The molecule has 1 amide bonds. The van der Waals surface area contributed by atoms with Crippen LogP contribution in [-0.4, -0.2) is 101 Å². The van der Waals surface area contributed by atoms with Crippen molar-refractivity contribution >= 4 is 81.1 Å². The van der Waals surface area contributed by atoms with Gasteiger partial charge in [-0.1, -0.05) is 76.9 Å². The van der Waals surface area contributed by atoms with Crippen molar-refractivity contribution in [3.8, 4) is 0 Å². The number of aliphatic carboxylic acids is 1. The number of carbonyl (C=O) groups excluding carboxylic acids is 1. The van der Waals surface area contributed by atoms with Crippen LogP contribution < -0.4 is 5.32 Å². The molecule has 0 aromatic rings. The summed E-state index contributed by atoms with van der Waals surface area (Å²) in [6.07, 6.45) is 20.0. The predicted octanol–water partition coefficient (Wildman–Crippen LogP) is 4.11. The average molecular weight is 494 g/mol. The van der Waals surface area contributed by atoms with Gasteiger partial charge in [-0.15, -0.1) is 0 Å². The molecule has 1 atom stereocenters. The van der Waals surface area contributed by atoms with Gasteiger partial charge >= 0.3 is 5.97 Å². The minimum Gasteiger partial charge on any atom is -0.481 e. The van der Waals surface area contributed by atoms with Crippen LogP contribution in [-0.2, 0) is 19.7 Å². The largest absolute Gasteiger partial charge is 0.481 e. The monoisotopic (exact) mass is 493 g/mol.